The van der Waals surface area contributed by atoms with E-state index in [9.17, 15) is 0 Å². The van der Waals surface area contributed by atoms with Crippen LogP contribution in [0.3, 0.4) is 0 Å². The van der Waals surface area contributed by atoms with Crippen LogP contribution in [-0.4, -0.2) is 6.10 Å². The van der Waals surface area contributed by atoms with E-state index in [1.54, 1.807) is 12.1 Å². The molecule has 2 heteroatoms. The summed E-state index contributed by atoms with van der Waals surface area (Å²) in [6.45, 7) is 3.92. The Kier molecular flexibility index (Phi) is 3.22. The molecule has 0 aliphatic heterocycles. The highest BCUT2D eigenvalue weighted by Gasteiger charge is 2.01. The third kappa shape index (κ3) is 2.68. The molecule has 0 spiro atoms. The van der Waals surface area contributed by atoms with Crippen LogP contribution in [-0.2, 0) is 0 Å². The molecule has 0 saturated heterocycles. The van der Waals surface area contributed by atoms with Crippen molar-refractivity contribution >= 4 is 11.6 Å². The van der Waals surface area contributed by atoms with Crippen LogP contribution in [0.2, 0.25) is 5.02 Å². The van der Waals surface area contributed by atoms with Gasteiger partial charge in [0.2, 0.25) is 0 Å². The maximum atomic E-state index is 5.83. The van der Waals surface area contributed by atoms with Gasteiger partial charge >= 0.3 is 0 Å². The molecule has 0 unspecified atom stereocenters. The lowest BCUT2D eigenvalue weighted by Gasteiger charge is -2.09. The Morgan fingerprint density at radius 1 is 1.46 bits per heavy atom. The molecule has 1 aromatic carbocycles. The average molecular weight is 195 g/mol. The first-order valence-corrected chi connectivity index (χ1v) is 4.44. The lowest BCUT2D eigenvalue weighted by molar-refractivity contribution is 0.242. The van der Waals surface area contributed by atoms with E-state index in [0.717, 1.165) is 5.75 Å². The summed E-state index contributed by atoms with van der Waals surface area (Å²) in [6, 6.07) is 5.32. The largest absolute Gasteiger partial charge is 0.491 e. The molecule has 0 aromatic heterocycles. The van der Waals surface area contributed by atoms with Crippen LogP contribution in [0.25, 0.3) is 0 Å². The molecule has 0 fully saturated rings. The highest BCUT2D eigenvalue weighted by Crippen LogP contribution is 2.21. The minimum atomic E-state index is 0.145. The van der Waals surface area contributed by atoms with Gasteiger partial charge in [-0.05, 0) is 32.0 Å². The Morgan fingerprint density at radius 2 is 2.15 bits per heavy atom. The van der Waals surface area contributed by atoms with Gasteiger partial charge < -0.3 is 4.74 Å². The molecule has 0 N–H and O–H groups in total. The van der Waals surface area contributed by atoms with Crippen LogP contribution >= 0.6 is 11.6 Å². The highest BCUT2D eigenvalue weighted by molar-refractivity contribution is 6.31. The van der Waals surface area contributed by atoms with Crippen LogP contribution < -0.4 is 4.74 Å². The van der Waals surface area contributed by atoms with Crippen LogP contribution in [0.1, 0.15) is 19.4 Å². The van der Waals surface area contributed by atoms with Gasteiger partial charge in [-0.3, -0.25) is 0 Å². The zero-order valence-electron chi connectivity index (χ0n) is 7.67. The summed E-state index contributed by atoms with van der Waals surface area (Å²) in [5.41, 5.74) is 0.666. The molecule has 1 nitrogen and oxygen atoms in total. The van der Waals surface area contributed by atoms with E-state index < -0.39 is 0 Å². The molecule has 1 rings (SSSR count). The fraction of sp³-hybridized carbons (Fsp3) is 0.273. The molecule has 13 heavy (non-hydrogen) atoms. The number of benzene rings is 1. The number of ether oxygens (including phenoxy) is 1. The Morgan fingerprint density at radius 3 is 2.69 bits per heavy atom. The Labute approximate surface area is 83.7 Å². The second kappa shape index (κ2) is 4.20. The van der Waals surface area contributed by atoms with E-state index in [1.165, 1.54) is 0 Å². The third-order valence-electron chi connectivity index (χ3n) is 1.47. The van der Waals surface area contributed by atoms with E-state index in [1.807, 2.05) is 19.9 Å². The molecule has 1 aromatic rings. The van der Waals surface area contributed by atoms with Crippen LogP contribution in [0.15, 0.2) is 18.2 Å². The van der Waals surface area contributed by atoms with Gasteiger partial charge in [-0.15, -0.1) is 6.42 Å². The molecule has 0 bridgehead atoms. The topological polar surface area (TPSA) is 9.23 Å². The predicted octanol–water partition coefficient (Wildman–Crippen LogP) is 3.11. The summed E-state index contributed by atoms with van der Waals surface area (Å²) < 4.78 is 5.46. The fourth-order valence-electron chi connectivity index (χ4n) is 0.960. The molecular weight excluding hydrogens is 184 g/mol. The summed E-state index contributed by atoms with van der Waals surface area (Å²) in [5.74, 6) is 3.25. The normalized spacial score (nSPS) is 9.77. The van der Waals surface area contributed by atoms with Crippen molar-refractivity contribution in [1.29, 1.82) is 0 Å². The van der Waals surface area contributed by atoms with Crippen molar-refractivity contribution in [3.05, 3.63) is 28.8 Å². The molecule has 68 valence electrons. The summed E-state index contributed by atoms with van der Waals surface area (Å²) in [6.07, 6.45) is 5.41. The molecule has 0 aliphatic rings. The van der Waals surface area contributed by atoms with Gasteiger partial charge in [0.25, 0.3) is 0 Å². The second-order valence-electron chi connectivity index (χ2n) is 2.95. The fourth-order valence-corrected chi connectivity index (χ4v) is 1.13. The van der Waals surface area contributed by atoms with Gasteiger partial charge in [0.05, 0.1) is 11.1 Å². The molecule has 0 aliphatic carbocycles. The Hall–Kier alpha value is -1.13. The van der Waals surface area contributed by atoms with Crippen LogP contribution in [0.4, 0.5) is 0 Å². The average Bonchev–Trinajstić information content (AvgIpc) is 2.07. The first kappa shape index (κ1) is 9.95. The number of terminal acetylenes is 1. The molecule has 0 radical (unpaired) electrons. The predicted molar refractivity (Wildman–Crippen MR) is 55.2 cm³/mol. The summed E-state index contributed by atoms with van der Waals surface area (Å²) in [7, 11) is 0. The maximum absolute atomic E-state index is 5.83. The van der Waals surface area contributed by atoms with Gasteiger partial charge in [-0.25, -0.2) is 0 Å². The minimum absolute atomic E-state index is 0.145. The monoisotopic (exact) mass is 194 g/mol. The van der Waals surface area contributed by atoms with E-state index in [0.29, 0.717) is 10.6 Å². The van der Waals surface area contributed by atoms with Gasteiger partial charge in [0, 0.05) is 5.56 Å². The SMILES string of the molecule is C#Cc1cc(OC(C)C)ccc1Cl. The number of rotatable bonds is 2. The van der Waals surface area contributed by atoms with Crippen molar-refractivity contribution in [3.63, 3.8) is 0 Å². The second-order valence-corrected chi connectivity index (χ2v) is 3.36. The molecular formula is C11H11ClO. The van der Waals surface area contributed by atoms with Crippen LogP contribution in [0, 0.1) is 12.3 Å². The Bertz CT molecular complexity index is 336. The lowest BCUT2D eigenvalue weighted by atomic mass is 10.2. The minimum Gasteiger partial charge on any atom is -0.491 e. The van der Waals surface area contributed by atoms with Crippen molar-refractivity contribution in [2.75, 3.05) is 0 Å². The van der Waals surface area contributed by atoms with Crippen molar-refractivity contribution in [1.82, 2.24) is 0 Å². The number of hydrogen-bond donors (Lipinski definition) is 0. The zero-order chi connectivity index (χ0) is 9.84. The molecule has 0 heterocycles. The number of halogens is 1. The van der Waals surface area contributed by atoms with E-state index in [-0.39, 0.29) is 6.10 Å². The smallest absolute Gasteiger partial charge is 0.121 e. The van der Waals surface area contributed by atoms with Crippen molar-refractivity contribution in [2.45, 2.75) is 20.0 Å². The Balaban J connectivity index is 2.95. The van der Waals surface area contributed by atoms with Crippen molar-refractivity contribution in [2.24, 2.45) is 0 Å². The molecule has 0 atom stereocenters. The lowest BCUT2D eigenvalue weighted by Crippen LogP contribution is -2.05. The first-order chi connectivity index (χ1) is 6.13. The standard InChI is InChI=1S/C11H11ClO/c1-4-9-7-10(13-8(2)3)5-6-11(9)12/h1,5-8H,2-3H3. The van der Waals surface area contributed by atoms with Gasteiger partial charge in [-0.1, -0.05) is 17.5 Å². The molecule has 0 amide bonds. The maximum Gasteiger partial charge on any atom is 0.121 e. The zero-order valence-corrected chi connectivity index (χ0v) is 8.43. The third-order valence-corrected chi connectivity index (χ3v) is 1.79. The quantitative estimate of drug-likeness (QED) is 0.658. The van der Waals surface area contributed by atoms with E-state index in [4.69, 9.17) is 22.8 Å². The van der Waals surface area contributed by atoms with E-state index in [2.05, 4.69) is 5.92 Å². The number of hydrogen-bond acceptors (Lipinski definition) is 1. The van der Waals surface area contributed by atoms with Crippen molar-refractivity contribution < 1.29 is 4.74 Å². The van der Waals surface area contributed by atoms with Gasteiger partial charge in [-0.2, -0.15) is 0 Å². The van der Waals surface area contributed by atoms with Crippen molar-refractivity contribution in [3.8, 4) is 18.1 Å². The van der Waals surface area contributed by atoms with Crippen LogP contribution in [0.5, 0.6) is 5.75 Å². The molecule has 0 saturated carbocycles. The summed E-state index contributed by atoms with van der Waals surface area (Å²) in [5, 5.41) is 0.582. The van der Waals surface area contributed by atoms with Gasteiger partial charge in [0.15, 0.2) is 0 Å². The summed E-state index contributed by atoms with van der Waals surface area (Å²) in [4.78, 5) is 0. The first-order valence-electron chi connectivity index (χ1n) is 4.06. The highest BCUT2D eigenvalue weighted by atomic mass is 35.5. The van der Waals surface area contributed by atoms with Gasteiger partial charge in [0.1, 0.15) is 5.75 Å². The van der Waals surface area contributed by atoms with E-state index >= 15 is 0 Å². The summed E-state index contributed by atoms with van der Waals surface area (Å²) >= 11 is 5.83.